The van der Waals surface area contributed by atoms with E-state index in [1.165, 1.54) is 0 Å². The average molecular weight is 268 g/mol. The molecule has 1 unspecified atom stereocenters. The van der Waals surface area contributed by atoms with Gasteiger partial charge in [0, 0.05) is 24.5 Å². The minimum atomic E-state index is 0.0444. The summed E-state index contributed by atoms with van der Waals surface area (Å²) in [5.74, 6) is 2.23. The molecule has 0 saturated heterocycles. The molecular formula is C12H20N4OS. The molecular weight excluding hydrogens is 248 g/mol. The van der Waals surface area contributed by atoms with Crippen LogP contribution in [0, 0.1) is 0 Å². The Morgan fingerprint density at radius 1 is 1.67 bits per heavy atom. The van der Waals surface area contributed by atoms with Crippen molar-refractivity contribution >= 4 is 17.6 Å². The lowest BCUT2D eigenvalue weighted by Gasteiger charge is -2.14. The van der Waals surface area contributed by atoms with E-state index in [4.69, 9.17) is 10.9 Å². The monoisotopic (exact) mass is 268 g/mol. The number of amidine groups is 1. The first-order valence-corrected chi connectivity index (χ1v) is 7.07. The van der Waals surface area contributed by atoms with Gasteiger partial charge in [0.25, 0.3) is 0 Å². The van der Waals surface area contributed by atoms with Gasteiger partial charge in [-0.3, -0.25) is 4.98 Å². The van der Waals surface area contributed by atoms with Gasteiger partial charge in [-0.05, 0) is 24.3 Å². The largest absolute Gasteiger partial charge is 0.409 e. The van der Waals surface area contributed by atoms with Crippen LogP contribution in [-0.4, -0.2) is 33.6 Å². The van der Waals surface area contributed by atoms with E-state index in [0.717, 1.165) is 17.1 Å². The van der Waals surface area contributed by atoms with E-state index in [-0.39, 0.29) is 5.84 Å². The van der Waals surface area contributed by atoms with Gasteiger partial charge in [-0.25, -0.2) is 0 Å². The molecule has 100 valence electrons. The third-order valence-corrected chi connectivity index (χ3v) is 3.60. The number of hydrogen-bond acceptors (Lipinski definition) is 5. The lowest BCUT2D eigenvalue weighted by molar-refractivity contribution is 0.318. The van der Waals surface area contributed by atoms with Crippen molar-refractivity contribution in [2.45, 2.75) is 26.4 Å². The molecule has 0 bridgehead atoms. The predicted octanol–water partition coefficient (Wildman–Crippen LogP) is 1.41. The molecule has 0 radical (unpaired) electrons. The molecule has 1 atom stereocenters. The first kappa shape index (κ1) is 14.8. The Labute approximate surface area is 112 Å². The van der Waals surface area contributed by atoms with Crippen LogP contribution in [0.3, 0.4) is 0 Å². The quantitative estimate of drug-likeness (QED) is 0.301. The first-order chi connectivity index (χ1) is 8.69. The highest BCUT2D eigenvalue weighted by atomic mass is 32.2. The van der Waals surface area contributed by atoms with E-state index in [1.54, 1.807) is 6.20 Å². The minimum absolute atomic E-state index is 0.0444. The SMILES string of the molecule is CCSCC(C)NCc1cccnc1/C(N)=N/O. The summed E-state index contributed by atoms with van der Waals surface area (Å²) in [6, 6.07) is 4.18. The van der Waals surface area contributed by atoms with Gasteiger partial charge in [0.15, 0.2) is 5.84 Å². The topological polar surface area (TPSA) is 83.5 Å². The number of aromatic nitrogens is 1. The van der Waals surface area contributed by atoms with Crippen molar-refractivity contribution in [3.63, 3.8) is 0 Å². The second-order valence-electron chi connectivity index (χ2n) is 3.94. The van der Waals surface area contributed by atoms with Crippen molar-refractivity contribution in [2.24, 2.45) is 10.9 Å². The molecule has 6 heteroatoms. The van der Waals surface area contributed by atoms with Crippen molar-refractivity contribution in [1.29, 1.82) is 0 Å². The summed E-state index contributed by atoms with van der Waals surface area (Å²) in [5.41, 5.74) is 7.05. The number of pyridine rings is 1. The van der Waals surface area contributed by atoms with Gasteiger partial charge >= 0.3 is 0 Å². The minimum Gasteiger partial charge on any atom is -0.409 e. The first-order valence-electron chi connectivity index (χ1n) is 5.92. The molecule has 18 heavy (non-hydrogen) atoms. The van der Waals surface area contributed by atoms with E-state index in [0.29, 0.717) is 18.3 Å². The molecule has 1 rings (SSSR count). The van der Waals surface area contributed by atoms with Crippen molar-refractivity contribution in [1.82, 2.24) is 10.3 Å². The van der Waals surface area contributed by atoms with E-state index in [1.807, 2.05) is 23.9 Å². The molecule has 0 aromatic carbocycles. The maximum absolute atomic E-state index is 8.71. The number of oxime groups is 1. The molecule has 4 N–H and O–H groups in total. The Bertz CT molecular complexity index is 397. The highest BCUT2D eigenvalue weighted by Crippen LogP contribution is 2.07. The van der Waals surface area contributed by atoms with Crippen LogP contribution in [0.2, 0.25) is 0 Å². The highest BCUT2D eigenvalue weighted by Gasteiger charge is 2.09. The van der Waals surface area contributed by atoms with Crippen LogP contribution < -0.4 is 11.1 Å². The van der Waals surface area contributed by atoms with Crippen molar-refractivity contribution in [3.05, 3.63) is 29.6 Å². The fourth-order valence-corrected chi connectivity index (χ4v) is 2.20. The average Bonchev–Trinajstić information content (AvgIpc) is 2.42. The van der Waals surface area contributed by atoms with Crippen LogP contribution in [-0.2, 0) is 6.54 Å². The van der Waals surface area contributed by atoms with E-state index < -0.39 is 0 Å². The van der Waals surface area contributed by atoms with Crippen LogP contribution in [0.5, 0.6) is 0 Å². The smallest absolute Gasteiger partial charge is 0.189 e. The normalized spacial score (nSPS) is 13.6. The molecule has 0 aliphatic rings. The van der Waals surface area contributed by atoms with Gasteiger partial charge in [0.2, 0.25) is 0 Å². The van der Waals surface area contributed by atoms with Crippen LogP contribution in [0.1, 0.15) is 25.1 Å². The van der Waals surface area contributed by atoms with Gasteiger partial charge in [-0.15, -0.1) is 0 Å². The lowest BCUT2D eigenvalue weighted by Crippen LogP contribution is -2.29. The summed E-state index contributed by atoms with van der Waals surface area (Å²) < 4.78 is 0. The summed E-state index contributed by atoms with van der Waals surface area (Å²) in [7, 11) is 0. The van der Waals surface area contributed by atoms with Crippen molar-refractivity contribution in [2.75, 3.05) is 11.5 Å². The van der Waals surface area contributed by atoms with Gasteiger partial charge in [-0.1, -0.05) is 18.1 Å². The van der Waals surface area contributed by atoms with Gasteiger partial charge in [0.1, 0.15) is 5.69 Å². The summed E-state index contributed by atoms with van der Waals surface area (Å²) in [6.07, 6.45) is 1.63. The van der Waals surface area contributed by atoms with Crippen LogP contribution in [0.15, 0.2) is 23.5 Å². The molecule has 0 fully saturated rings. The third-order valence-electron chi connectivity index (χ3n) is 2.45. The fourth-order valence-electron chi connectivity index (χ4n) is 1.50. The third kappa shape index (κ3) is 4.54. The van der Waals surface area contributed by atoms with E-state index in [9.17, 15) is 0 Å². The molecule has 0 saturated carbocycles. The Morgan fingerprint density at radius 3 is 3.11 bits per heavy atom. The number of thioether (sulfide) groups is 1. The van der Waals surface area contributed by atoms with E-state index in [2.05, 4.69) is 29.3 Å². The summed E-state index contributed by atoms with van der Waals surface area (Å²) in [6.45, 7) is 4.95. The van der Waals surface area contributed by atoms with Gasteiger partial charge in [-0.2, -0.15) is 11.8 Å². The van der Waals surface area contributed by atoms with Crippen LogP contribution >= 0.6 is 11.8 Å². The summed E-state index contributed by atoms with van der Waals surface area (Å²) in [5, 5.41) is 15.1. The van der Waals surface area contributed by atoms with Crippen molar-refractivity contribution < 1.29 is 5.21 Å². The summed E-state index contributed by atoms with van der Waals surface area (Å²) >= 11 is 1.90. The standard InChI is InChI=1S/C12H20N4OS/c1-3-18-8-9(2)15-7-10-5-4-6-14-11(10)12(13)16-17/h4-6,9,15,17H,3,7-8H2,1-2H3,(H2,13,16). The molecule has 1 aromatic heterocycles. The fraction of sp³-hybridized carbons (Fsp3) is 0.500. The Hall–Kier alpha value is -1.27. The zero-order chi connectivity index (χ0) is 13.4. The van der Waals surface area contributed by atoms with Crippen LogP contribution in [0.25, 0.3) is 0 Å². The van der Waals surface area contributed by atoms with E-state index >= 15 is 0 Å². The number of hydrogen-bond donors (Lipinski definition) is 3. The second kappa shape index (κ2) is 7.94. The number of nitrogens with zero attached hydrogens (tertiary/aromatic N) is 2. The second-order valence-corrected chi connectivity index (χ2v) is 5.26. The number of rotatable bonds is 7. The zero-order valence-electron chi connectivity index (χ0n) is 10.8. The molecule has 0 spiro atoms. The predicted molar refractivity (Wildman–Crippen MR) is 76.0 cm³/mol. The van der Waals surface area contributed by atoms with Crippen molar-refractivity contribution in [3.8, 4) is 0 Å². The van der Waals surface area contributed by atoms with Gasteiger partial charge < -0.3 is 16.3 Å². The lowest BCUT2D eigenvalue weighted by atomic mass is 10.1. The number of nitrogens with two attached hydrogens (primary N) is 1. The molecule has 0 aliphatic heterocycles. The molecule has 0 amide bonds. The zero-order valence-corrected chi connectivity index (χ0v) is 11.6. The molecule has 0 aliphatic carbocycles. The molecule has 1 aromatic rings. The maximum Gasteiger partial charge on any atom is 0.189 e. The molecule has 5 nitrogen and oxygen atoms in total. The maximum atomic E-state index is 8.71. The van der Waals surface area contributed by atoms with Gasteiger partial charge in [0.05, 0.1) is 0 Å². The Kier molecular flexibility index (Phi) is 6.53. The van der Waals surface area contributed by atoms with Crippen LogP contribution in [0.4, 0.5) is 0 Å². The Morgan fingerprint density at radius 2 is 2.44 bits per heavy atom. The Balaban J connectivity index is 2.62. The number of nitrogens with one attached hydrogen (secondary N) is 1. The summed E-state index contributed by atoms with van der Waals surface area (Å²) in [4.78, 5) is 4.13. The molecule has 1 heterocycles. The highest BCUT2D eigenvalue weighted by molar-refractivity contribution is 7.99.